The van der Waals surface area contributed by atoms with Gasteiger partial charge >= 0.3 is 0 Å². The van der Waals surface area contributed by atoms with Crippen LogP contribution in [0.1, 0.15) is 34.1 Å². The van der Waals surface area contributed by atoms with Crippen molar-refractivity contribution < 1.29 is 24.4 Å². The third-order valence-corrected chi connectivity index (χ3v) is 6.78. The molecule has 1 unspecified atom stereocenters. The highest BCUT2D eigenvalue weighted by molar-refractivity contribution is 7.15. The standard InChI is InChI=1S/C24H25FO4S/c1-14-2-3-16(21-12-20(27)24(28)22(13-26)29-21)10-17(14)11-19-8-9-23(30-19)15-4-6-18(25)7-5-15/h2-10,20-22,24,26-28H,11-13H2,1H3/t20-,21-,22?,24+/m1/s1. The zero-order valence-corrected chi connectivity index (χ0v) is 17.5. The molecule has 0 spiro atoms. The summed E-state index contributed by atoms with van der Waals surface area (Å²) in [5.74, 6) is -0.242. The topological polar surface area (TPSA) is 69.9 Å². The molecular formula is C24H25FO4S. The average Bonchev–Trinajstić information content (AvgIpc) is 3.20. The molecule has 1 aliphatic rings. The van der Waals surface area contributed by atoms with Crippen LogP contribution < -0.4 is 0 Å². The van der Waals surface area contributed by atoms with Gasteiger partial charge in [0.1, 0.15) is 18.0 Å². The third-order valence-electron chi connectivity index (χ3n) is 5.65. The van der Waals surface area contributed by atoms with E-state index in [2.05, 4.69) is 25.1 Å². The molecule has 1 fully saturated rings. The maximum atomic E-state index is 13.2. The summed E-state index contributed by atoms with van der Waals surface area (Å²) >= 11 is 1.68. The van der Waals surface area contributed by atoms with Crippen LogP contribution in [0.25, 0.3) is 10.4 Å². The van der Waals surface area contributed by atoms with E-state index in [1.807, 2.05) is 12.1 Å². The van der Waals surface area contributed by atoms with Crippen molar-refractivity contribution in [1.82, 2.24) is 0 Å². The van der Waals surface area contributed by atoms with Crippen LogP contribution in [-0.4, -0.2) is 40.2 Å². The van der Waals surface area contributed by atoms with Crippen molar-refractivity contribution in [3.63, 3.8) is 0 Å². The summed E-state index contributed by atoms with van der Waals surface area (Å²) in [6.07, 6.45) is -2.13. The summed E-state index contributed by atoms with van der Waals surface area (Å²) in [5.41, 5.74) is 4.24. The zero-order valence-electron chi connectivity index (χ0n) is 16.7. The Bertz CT molecular complexity index is 1000. The molecule has 2 heterocycles. The smallest absolute Gasteiger partial charge is 0.123 e. The Morgan fingerprint density at radius 2 is 1.83 bits per heavy atom. The lowest BCUT2D eigenvalue weighted by Crippen LogP contribution is -2.47. The SMILES string of the molecule is Cc1ccc([C@H]2C[C@@H](O)[C@H](O)C(CO)O2)cc1Cc1ccc(-c2ccc(F)cc2)s1. The number of hydrogen-bond donors (Lipinski definition) is 3. The molecule has 1 saturated heterocycles. The number of hydrogen-bond acceptors (Lipinski definition) is 5. The second-order valence-corrected chi connectivity index (χ2v) is 8.94. The van der Waals surface area contributed by atoms with Gasteiger partial charge in [0.15, 0.2) is 0 Å². The molecule has 6 heteroatoms. The normalized spacial score (nSPS) is 24.2. The Morgan fingerprint density at radius 1 is 1.07 bits per heavy atom. The largest absolute Gasteiger partial charge is 0.394 e. The molecule has 30 heavy (non-hydrogen) atoms. The van der Waals surface area contributed by atoms with E-state index < -0.39 is 18.3 Å². The molecule has 3 N–H and O–H groups in total. The first-order valence-corrected chi connectivity index (χ1v) is 10.8. The monoisotopic (exact) mass is 428 g/mol. The first kappa shape index (κ1) is 21.2. The van der Waals surface area contributed by atoms with Gasteiger partial charge in [-0.1, -0.05) is 30.3 Å². The van der Waals surface area contributed by atoms with Gasteiger partial charge < -0.3 is 20.1 Å². The Hall–Kier alpha value is -2.09. The number of ether oxygens (including phenoxy) is 1. The summed E-state index contributed by atoms with van der Waals surface area (Å²) in [4.78, 5) is 2.29. The van der Waals surface area contributed by atoms with Crippen LogP contribution in [0.15, 0.2) is 54.6 Å². The molecule has 0 saturated carbocycles. The van der Waals surface area contributed by atoms with Gasteiger partial charge in [0.2, 0.25) is 0 Å². The molecule has 4 rings (SSSR count). The van der Waals surface area contributed by atoms with Gasteiger partial charge in [-0.2, -0.15) is 0 Å². The Morgan fingerprint density at radius 3 is 2.57 bits per heavy atom. The van der Waals surface area contributed by atoms with Crippen LogP contribution in [0.2, 0.25) is 0 Å². The molecule has 4 atom stereocenters. The number of benzene rings is 2. The number of rotatable bonds is 5. The fraction of sp³-hybridized carbons (Fsp3) is 0.333. The first-order valence-electron chi connectivity index (χ1n) is 10.0. The van der Waals surface area contributed by atoms with Gasteiger partial charge in [0.05, 0.1) is 18.8 Å². The van der Waals surface area contributed by atoms with E-state index in [0.717, 1.165) is 33.6 Å². The van der Waals surface area contributed by atoms with Crippen molar-refractivity contribution in [3.8, 4) is 10.4 Å². The fourth-order valence-electron chi connectivity index (χ4n) is 3.83. The van der Waals surface area contributed by atoms with Crippen molar-refractivity contribution in [2.45, 2.75) is 44.2 Å². The minimum Gasteiger partial charge on any atom is -0.394 e. The summed E-state index contributed by atoms with van der Waals surface area (Å²) < 4.78 is 19.0. The van der Waals surface area contributed by atoms with Crippen LogP contribution >= 0.6 is 11.3 Å². The van der Waals surface area contributed by atoms with Crippen molar-refractivity contribution in [2.24, 2.45) is 0 Å². The number of halogens is 1. The zero-order chi connectivity index (χ0) is 21.3. The summed E-state index contributed by atoms with van der Waals surface area (Å²) in [7, 11) is 0. The van der Waals surface area contributed by atoms with E-state index in [0.29, 0.717) is 0 Å². The molecule has 0 bridgehead atoms. The number of aryl methyl sites for hydroxylation is 1. The van der Waals surface area contributed by atoms with Crippen molar-refractivity contribution in [2.75, 3.05) is 6.61 Å². The molecular weight excluding hydrogens is 403 g/mol. The van der Waals surface area contributed by atoms with Gasteiger partial charge in [0, 0.05) is 22.6 Å². The molecule has 158 valence electrons. The lowest BCUT2D eigenvalue weighted by molar-refractivity contribution is -0.181. The van der Waals surface area contributed by atoms with E-state index >= 15 is 0 Å². The predicted octanol–water partition coefficient (Wildman–Crippen LogP) is 4.00. The van der Waals surface area contributed by atoms with Crippen LogP contribution in [0, 0.1) is 12.7 Å². The molecule has 2 aromatic carbocycles. The number of thiophene rings is 1. The summed E-state index contributed by atoms with van der Waals surface area (Å²) in [6.45, 7) is 1.72. The highest BCUT2D eigenvalue weighted by atomic mass is 32.1. The van der Waals surface area contributed by atoms with Crippen molar-refractivity contribution >= 4 is 11.3 Å². The fourth-order valence-corrected chi connectivity index (χ4v) is 4.87. The minimum absolute atomic E-state index is 0.242. The van der Waals surface area contributed by atoms with Gasteiger partial charge in [-0.3, -0.25) is 0 Å². The van der Waals surface area contributed by atoms with E-state index in [4.69, 9.17) is 4.74 Å². The second-order valence-electron chi connectivity index (χ2n) is 7.77. The highest BCUT2D eigenvalue weighted by Crippen LogP contribution is 2.34. The summed E-state index contributed by atoms with van der Waals surface area (Å²) in [5, 5.41) is 29.5. The Kier molecular flexibility index (Phi) is 6.32. The van der Waals surface area contributed by atoms with Gasteiger partial charge in [-0.05, 0) is 53.4 Å². The van der Waals surface area contributed by atoms with Crippen LogP contribution in [0.3, 0.4) is 0 Å². The van der Waals surface area contributed by atoms with Crippen LogP contribution in [-0.2, 0) is 11.2 Å². The van der Waals surface area contributed by atoms with Gasteiger partial charge in [-0.15, -0.1) is 11.3 Å². The molecule has 1 aliphatic heterocycles. The number of aliphatic hydroxyl groups is 3. The summed E-state index contributed by atoms with van der Waals surface area (Å²) in [6, 6.07) is 16.7. The second kappa shape index (κ2) is 8.96. The van der Waals surface area contributed by atoms with Gasteiger partial charge in [0.25, 0.3) is 0 Å². The quantitative estimate of drug-likeness (QED) is 0.575. The van der Waals surface area contributed by atoms with Crippen molar-refractivity contribution in [1.29, 1.82) is 0 Å². The molecule has 0 aliphatic carbocycles. The lowest BCUT2D eigenvalue weighted by atomic mass is 9.92. The van der Waals surface area contributed by atoms with Gasteiger partial charge in [-0.25, -0.2) is 4.39 Å². The molecule has 3 aromatic rings. The number of aliphatic hydroxyl groups excluding tert-OH is 3. The molecule has 0 radical (unpaired) electrons. The van der Waals surface area contributed by atoms with Crippen LogP contribution in [0.5, 0.6) is 0 Å². The lowest BCUT2D eigenvalue weighted by Gasteiger charge is -2.36. The third kappa shape index (κ3) is 4.48. The van der Waals surface area contributed by atoms with Crippen molar-refractivity contribution in [3.05, 3.63) is 82.0 Å². The van der Waals surface area contributed by atoms with Crippen LogP contribution in [0.4, 0.5) is 4.39 Å². The highest BCUT2D eigenvalue weighted by Gasteiger charge is 2.36. The van der Waals surface area contributed by atoms with E-state index in [1.54, 1.807) is 23.5 Å². The maximum absolute atomic E-state index is 13.2. The Balaban J connectivity index is 1.54. The molecule has 1 aromatic heterocycles. The predicted molar refractivity (Wildman–Crippen MR) is 115 cm³/mol. The molecule has 4 nitrogen and oxygen atoms in total. The van der Waals surface area contributed by atoms with E-state index in [-0.39, 0.29) is 24.9 Å². The average molecular weight is 429 g/mol. The van der Waals surface area contributed by atoms with E-state index in [9.17, 15) is 19.7 Å². The first-order chi connectivity index (χ1) is 14.4. The molecule has 0 amide bonds. The van der Waals surface area contributed by atoms with E-state index in [1.165, 1.54) is 17.0 Å². The maximum Gasteiger partial charge on any atom is 0.123 e. The minimum atomic E-state index is -1.08. The Labute approximate surface area is 179 Å².